The number of carboxylic acids is 1. The fraction of sp³-hybridized carbons (Fsp3) is 0.619. The number of likely N-dealkylation sites (N-methyl/N-ethyl adjacent to an activating group) is 1. The minimum absolute atomic E-state index is 0.0284. The maximum Gasteiger partial charge on any atom is 0.490 e. The molecule has 1 aliphatic carbocycles. The second-order valence-electron chi connectivity index (χ2n) is 7.75. The van der Waals surface area contributed by atoms with Crippen LogP contribution in [-0.4, -0.2) is 91.6 Å². The zero-order valence-corrected chi connectivity index (χ0v) is 17.7. The molecule has 174 valence electrons. The van der Waals surface area contributed by atoms with Crippen LogP contribution in [0, 0.1) is 0 Å². The highest BCUT2D eigenvalue weighted by molar-refractivity contribution is 5.79. The summed E-state index contributed by atoms with van der Waals surface area (Å²) < 4.78 is 43.7. The maximum absolute atomic E-state index is 12.7. The molecule has 0 bridgehead atoms. The molecule has 0 aromatic heterocycles. The van der Waals surface area contributed by atoms with Gasteiger partial charge in [-0.15, -0.1) is 0 Å². The van der Waals surface area contributed by atoms with Crippen LogP contribution in [0.2, 0.25) is 0 Å². The fourth-order valence-electron chi connectivity index (χ4n) is 3.66. The minimum Gasteiger partial charge on any atom is -0.475 e. The third kappa shape index (κ3) is 7.79. The Morgan fingerprint density at radius 1 is 1.23 bits per heavy atom. The molecule has 3 rings (SSSR count). The van der Waals surface area contributed by atoms with Crippen molar-refractivity contribution in [3.63, 3.8) is 0 Å². The summed E-state index contributed by atoms with van der Waals surface area (Å²) in [5.74, 6) is -2.55. The Morgan fingerprint density at radius 2 is 1.87 bits per heavy atom. The molecule has 3 atom stereocenters. The van der Waals surface area contributed by atoms with Crippen LogP contribution in [0.3, 0.4) is 0 Å². The van der Waals surface area contributed by atoms with E-state index in [1.54, 1.807) is 0 Å². The quantitative estimate of drug-likeness (QED) is 0.722. The number of morpholine rings is 1. The number of amides is 1. The van der Waals surface area contributed by atoms with Crippen molar-refractivity contribution in [3.8, 4) is 0 Å². The van der Waals surface area contributed by atoms with Crippen molar-refractivity contribution >= 4 is 11.9 Å². The van der Waals surface area contributed by atoms with Crippen LogP contribution in [-0.2, 0) is 25.5 Å². The number of carbonyl (C=O) groups excluding carboxylic acids is 1. The van der Waals surface area contributed by atoms with Crippen LogP contribution >= 0.6 is 0 Å². The van der Waals surface area contributed by atoms with E-state index in [2.05, 4.69) is 4.90 Å². The fourth-order valence-corrected chi connectivity index (χ4v) is 3.66. The molecule has 1 aromatic rings. The summed E-state index contributed by atoms with van der Waals surface area (Å²) >= 11 is 0. The largest absolute Gasteiger partial charge is 0.490 e. The Labute approximate surface area is 179 Å². The molecule has 0 radical (unpaired) electrons. The second-order valence-corrected chi connectivity index (χ2v) is 7.75. The van der Waals surface area contributed by atoms with Crippen LogP contribution in [0.5, 0.6) is 0 Å². The molecule has 0 spiro atoms. The van der Waals surface area contributed by atoms with E-state index in [0.717, 1.165) is 24.9 Å². The number of ether oxygens (including phenoxy) is 2. The third-order valence-electron chi connectivity index (χ3n) is 5.17. The number of fused-ring (bicyclic) bond motifs is 1. The average molecular weight is 446 g/mol. The number of hydrogen-bond donors (Lipinski definition) is 1. The monoisotopic (exact) mass is 446 g/mol. The summed E-state index contributed by atoms with van der Waals surface area (Å²) in [6, 6.07) is 10.1. The Bertz CT molecular complexity index is 715. The van der Waals surface area contributed by atoms with E-state index in [1.165, 1.54) is 0 Å². The first-order valence-electron chi connectivity index (χ1n) is 10.1. The van der Waals surface area contributed by atoms with Gasteiger partial charge in [-0.3, -0.25) is 4.79 Å². The number of aliphatic carboxylic acids is 1. The van der Waals surface area contributed by atoms with Crippen molar-refractivity contribution in [1.82, 2.24) is 9.80 Å². The maximum atomic E-state index is 12.7. The van der Waals surface area contributed by atoms with E-state index in [4.69, 9.17) is 19.4 Å². The predicted molar refractivity (Wildman–Crippen MR) is 107 cm³/mol. The van der Waals surface area contributed by atoms with E-state index >= 15 is 0 Å². The first-order chi connectivity index (χ1) is 14.6. The topological polar surface area (TPSA) is 79.3 Å². The van der Waals surface area contributed by atoms with Crippen molar-refractivity contribution in [2.75, 3.05) is 40.4 Å². The normalized spacial score (nSPS) is 23.2. The van der Waals surface area contributed by atoms with Gasteiger partial charge in [0, 0.05) is 13.1 Å². The predicted octanol–water partition coefficient (Wildman–Crippen LogP) is 2.20. The molecule has 1 saturated carbocycles. The SMILES string of the molecule is CN(C)CCO[C@@H]1CC[C@H]2[C@H]1OCCN2C(=O)Cc1ccccc1.O=C(O)C(F)(F)F. The molecule has 1 amide bonds. The van der Waals surface area contributed by atoms with Gasteiger partial charge in [0.25, 0.3) is 0 Å². The van der Waals surface area contributed by atoms with Gasteiger partial charge in [0.05, 0.1) is 31.8 Å². The average Bonchev–Trinajstić information content (AvgIpc) is 3.11. The van der Waals surface area contributed by atoms with Gasteiger partial charge in [0.15, 0.2) is 0 Å². The molecule has 1 heterocycles. The Morgan fingerprint density at radius 3 is 2.45 bits per heavy atom. The van der Waals surface area contributed by atoms with Gasteiger partial charge in [-0.05, 0) is 32.5 Å². The van der Waals surface area contributed by atoms with Crippen molar-refractivity contribution in [2.45, 2.75) is 43.7 Å². The van der Waals surface area contributed by atoms with Gasteiger partial charge in [0.2, 0.25) is 5.91 Å². The van der Waals surface area contributed by atoms with Gasteiger partial charge in [-0.2, -0.15) is 13.2 Å². The van der Waals surface area contributed by atoms with Gasteiger partial charge in [-0.1, -0.05) is 30.3 Å². The summed E-state index contributed by atoms with van der Waals surface area (Å²) in [6.07, 6.45) is -2.53. The van der Waals surface area contributed by atoms with Crippen LogP contribution in [0.25, 0.3) is 0 Å². The van der Waals surface area contributed by atoms with Crippen LogP contribution in [0.4, 0.5) is 13.2 Å². The lowest BCUT2D eigenvalue weighted by molar-refractivity contribution is -0.192. The third-order valence-corrected chi connectivity index (χ3v) is 5.17. The lowest BCUT2D eigenvalue weighted by Gasteiger charge is -2.39. The summed E-state index contributed by atoms with van der Waals surface area (Å²) in [4.78, 5) is 25.8. The second kappa shape index (κ2) is 11.4. The van der Waals surface area contributed by atoms with E-state index in [9.17, 15) is 18.0 Å². The molecular formula is C21H29F3N2O5. The molecule has 10 heteroatoms. The minimum atomic E-state index is -5.08. The number of carboxylic acid groups (broad SMARTS) is 1. The molecule has 0 unspecified atom stereocenters. The van der Waals surface area contributed by atoms with Crippen molar-refractivity contribution in [3.05, 3.63) is 35.9 Å². The van der Waals surface area contributed by atoms with E-state index in [1.807, 2.05) is 49.3 Å². The summed E-state index contributed by atoms with van der Waals surface area (Å²) in [7, 11) is 4.09. The number of benzene rings is 1. The van der Waals surface area contributed by atoms with Gasteiger partial charge in [-0.25, -0.2) is 4.79 Å². The standard InChI is InChI=1S/C19H28N2O3.C2HF3O2/c1-20(2)10-12-23-17-9-8-16-19(17)24-13-11-21(16)18(22)14-15-6-4-3-5-7-15;3-2(4,5)1(6)7/h3-7,16-17,19H,8-14H2,1-2H3;(H,6,7)/t16-,17+,19+;/m0./s1. The van der Waals surface area contributed by atoms with Gasteiger partial charge < -0.3 is 24.4 Å². The number of hydrogen-bond acceptors (Lipinski definition) is 5. The molecule has 2 aliphatic rings. The van der Waals surface area contributed by atoms with Crippen molar-refractivity contribution < 1.29 is 37.3 Å². The van der Waals surface area contributed by atoms with Crippen molar-refractivity contribution in [1.29, 1.82) is 0 Å². The molecule has 7 nitrogen and oxygen atoms in total. The zero-order chi connectivity index (χ0) is 23.0. The molecule has 1 aromatic carbocycles. The van der Waals surface area contributed by atoms with Crippen molar-refractivity contribution in [2.24, 2.45) is 0 Å². The summed E-state index contributed by atoms with van der Waals surface area (Å²) in [6.45, 7) is 2.92. The summed E-state index contributed by atoms with van der Waals surface area (Å²) in [5.41, 5.74) is 1.07. The van der Waals surface area contributed by atoms with Crippen LogP contribution < -0.4 is 0 Å². The highest BCUT2D eigenvalue weighted by atomic mass is 19.4. The number of nitrogens with zero attached hydrogens (tertiary/aromatic N) is 2. The van der Waals surface area contributed by atoms with Gasteiger partial charge >= 0.3 is 12.1 Å². The lowest BCUT2D eigenvalue weighted by atomic mass is 10.1. The first-order valence-corrected chi connectivity index (χ1v) is 10.1. The molecule has 1 aliphatic heterocycles. The summed E-state index contributed by atoms with van der Waals surface area (Å²) in [5, 5.41) is 7.12. The van der Waals surface area contributed by atoms with E-state index in [-0.39, 0.29) is 24.2 Å². The number of alkyl halides is 3. The van der Waals surface area contributed by atoms with E-state index in [0.29, 0.717) is 26.2 Å². The first kappa shape index (κ1) is 25.1. The zero-order valence-electron chi connectivity index (χ0n) is 17.7. The number of halogens is 3. The van der Waals surface area contributed by atoms with Gasteiger partial charge in [0.1, 0.15) is 6.10 Å². The Hall–Kier alpha value is -2.17. The smallest absolute Gasteiger partial charge is 0.475 e. The van der Waals surface area contributed by atoms with Crippen LogP contribution in [0.1, 0.15) is 18.4 Å². The number of rotatable bonds is 6. The molecule has 1 N–H and O–H groups in total. The highest BCUT2D eigenvalue weighted by Gasteiger charge is 2.44. The number of carbonyl (C=O) groups is 2. The van der Waals surface area contributed by atoms with E-state index < -0.39 is 12.1 Å². The highest BCUT2D eigenvalue weighted by Crippen LogP contribution is 2.32. The molecule has 31 heavy (non-hydrogen) atoms. The lowest BCUT2D eigenvalue weighted by Crippen LogP contribution is -2.54. The van der Waals surface area contributed by atoms with Crippen LogP contribution in [0.15, 0.2) is 30.3 Å². The molecular weight excluding hydrogens is 417 g/mol. The molecule has 2 fully saturated rings. The Kier molecular flexibility index (Phi) is 9.27. The Balaban J connectivity index is 0.000000423. The molecule has 1 saturated heterocycles.